The summed E-state index contributed by atoms with van der Waals surface area (Å²) < 4.78 is 0. The molecule has 6 heteroatoms. The van der Waals surface area contributed by atoms with Gasteiger partial charge >= 0.3 is 0 Å². The maximum Gasteiger partial charge on any atom is 0.166 e. The summed E-state index contributed by atoms with van der Waals surface area (Å²) in [5, 5.41) is 68.2. The lowest BCUT2D eigenvalue weighted by molar-refractivity contribution is 0.401. The van der Waals surface area contributed by atoms with E-state index in [2.05, 4.69) is 0 Å². The summed E-state index contributed by atoms with van der Waals surface area (Å²) in [6.45, 7) is 0. The third-order valence-corrected chi connectivity index (χ3v) is 6.40. The number of hydrogen-bond donors (Lipinski definition) is 6. The highest BCUT2D eigenvalue weighted by atomic mass is 16.3. The molecule has 6 rings (SSSR count). The number of fused-ring (bicyclic) bond motifs is 6. The molecule has 0 fully saturated rings. The van der Waals surface area contributed by atoms with Gasteiger partial charge in [-0.3, -0.25) is 0 Å². The molecule has 0 amide bonds. The normalized spacial score (nSPS) is 11.6. The summed E-state index contributed by atoms with van der Waals surface area (Å²) in [5.74, 6) is -1.43. The maximum atomic E-state index is 11.0. The van der Waals surface area contributed by atoms with E-state index in [-0.39, 0.29) is 34.1 Å². The molecule has 0 saturated heterocycles. The van der Waals surface area contributed by atoms with Gasteiger partial charge in [0.2, 0.25) is 0 Å². The van der Waals surface area contributed by atoms with E-state index in [0.29, 0.717) is 21.5 Å². The van der Waals surface area contributed by atoms with Gasteiger partial charge in [0.1, 0.15) is 11.5 Å². The minimum absolute atomic E-state index is 0.101. The number of hydrogen-bond acceptors (Lipinski definition) is 6. The molecule has 0 spiro atoms. The van der Waals surface area contributed by atoms with Crippen LogP contribution in [-0.4, -0.2) is 30.6 Å². The fourth-order valence-electron chi connectivity index (χ4n) is 4.86. The maximum absolute atomic E-state index is 11.0. The van der Waals surface area contributed by atoms with E-state index in [1.165, 1.54) is 24.3 Å². The molecule has 166 valence electrons. The Hall–Kier alpha value is -4.84. The molecule has 6 aromatic rings. The summed E-state index contributed by atoms with van der Waals surface area (Å²) in [7, 11) is 0. The van der Waals surface area contributed by atoms with Crippen molar-refractivity contribution in [2.75, 3.05) is 0 Å². The lowest BCUT2D eigenvalue weighted by atomic mass is 9.88. The van der Waals surface area contributed by atoms with E-state index in [1.54, 1.807) is 48.5 Å². The highest BCUT2D eigenvalue weighted by molar-refractivity contribution is 6.20. The Morgan fingerprint density at radius 1 is 0.353 bits per heavy atom. The molecule has 0 aliphatic rings. The van der Waals surface area contributed by atoms with Crippen molar-refractivity contribution >= 4 is 43.1 Å². The van der Waals surface area contributed by atoms with Crippen LogP contribution in [-0.2, 0) is 0 Å². The second kappa shape index (κ2) is 6.83. The quantitative estimate of drug-likeness (QED) is 0.131. The van der Waals surface area contributed by atoms with Gasteiger partial charge in [-0.25, -0.2) is 0 Å². The van der Waals surface area contributed by atoms with Crippen LogP contribution in [0.15, 0.2) is 72.8 Å². The lowest BCUT2D eigenvalue weighted by Gasteiger charge is -2.18. The fourth-order valence-corrected chi connectivity index (χ4v) is 4.86. The smallest absolute Gasteiger partial charge is 0.166 e. The van der Waals surface area contributed by atoms with E-state index in [1.807, 2.05) is 0 Å². The predicted octanol–water partition coefficient (Wildman–Crippen LogP) is 6.20. The Morgan fingerprint density at radius 3 is 1.15 bits per heavy atom. The van der Waals surface area contributed by atoms with Crippen LogP contribution in [0.1, 0.15) is 0 Å². The van der Waals surface area contributed by atoms with Crippen LogP contribution in [0.3, 0.4) is 0 Å². The average molecular weight is 450 g/mol. The second-order valence-corrected chi connectivity index (χ2v) is 8.37. The third-order valence-electron chi connectivity index (χ3n) is 6.40. The molecule has 0 heterocycles. The summed E-state index contributed by atoms with van der Waals surface area (Å²) in [6, 6.07) is 19.6. The fraction of sp³-hybridized carbons (Fsp3) is 0. The lowest BCUT2D eigenvalue weighted by Crippen LogP contribution is -1.90. The first-order valence-corrected chi connectivity index (χ1v) is 10.5. The van der Waals surface area contributed by atoms with Gasteiger partial charge in [0.25, 0.3) is 0 Å². The summed E-state index contributed by atoms with van der Waals surface area (Å²) in [6.07, 6.45) is 0. The van der Waals surface area contributed by atoms with Gasteiger partial charge in [0.05, 0.1) is 0 Å². The van der Waals surface area contributed by atoms with Crippen LogP contribution >= 0.6 is 0 Å². The molecule has 6 nitrogen and oxygen atoms in total. The second-order valence-electron chi connectivity index (χ2n) is 8.37. The van der Waals surface area contributed by atoms with Crippen LogP contribution in [0, 0.1) is 0 Å². The van der Waals surface area contributed by atoms with Gasteiger partial charge in [-0.2, -0.15) is 0 Å². The minimum Gasteiger partial charge on any atom is -0.508 e. The Balaban J connectivity index is 1.82. The van der Waals surface area contributed by atoms with Crippen molar-refractivity contribution in [3.63, 3.8) is 0 Å². The van der Waals surface area contributed by atoms with Gasteiger partial charge in [-0.05, 0) is 79.5 Å². The molecule has 0 unspecified atom stereocenters. The van der Waals surface area contributed by atoms with Crippen molar-refractivity contribution in [1.82, 2.24) is 0 Å². The van der Waals surface area contributed by atoms with Crippen LogP contribution in [0.4, 0.5) is 0 Å². The van der Waals surface area contributed by atoms with Crippen LogP contribution < -0.4 is 0 Å². The largest absolute Gasteiger partial charge is 0.508 e. The molecule has 0 aliphatic carbocycles. The third kappa shape index (κ3) is 2.69. The number of phenols is 6. The first kappa shape index (κ1) is 19.8. The van der Waals surface area contributed by atoms with Crippen molar-refractivity contribution in [3.8, 4) is 45.6 Å². The van der Waals surface area contributed by atoms with Gasteiger partial charge in [0, 0.05) is 11.1 Å². The van der Waals surface area contributed by atoms with E-state index >= 15 is 0 Å². The van der Waals surface area contributed by atoms with Crippen molar-refractivity contribution < 1.29 is 30.6 Å². The minimum atomic E-state index is -0.432. The number of rotatable bonds is 1. The van der Waals surface area contributed by atoms with Crippen molar-refractivity contribution in [2.24, 2.45) is 0 Å². The van der Waals surface area contributed by atoms with Crippen molar-refractivity contribution in [1.29, 1.82) is 0 Å². The van der Waals surface area contributed by atoms with Gasteiger partial charge in [-0.15, -0.1) is 0 Å². The van der Waals surface area contributed by atoms with Crippen molar-refractivity contribution in [3.05, 3.63) is 72.8 Å². The molecule has 0 aliphatic heterocycles. The first-order valence-electron chi connectivity index (χ1n) is 10.5. The summed E-state index contributed by atoms with van der Waals surface area (Å²) in [5.41, 5.74) is 0.336. The zero-order valence-electron chi connectivity index (χ0n) is 17.6. The van der Waals surface area contributed by atoms with Crippen molar-refractivity contribution in [2.45, 2.75) is 0 Å². The van der Waals surface area contributed by atoms with Crippen LogP contribution in [0.5, 0.6) is 34.5 Å². The Labute approximate surface area is 192 Å². The van der Waals surface area contributed by atoms with Gasteiger partial charge in [-0.1, -0.05) is 36.4 Å². The summed E-state index contributed by atoms with van der Waals surface area (Å²) in [4.78, 5) is 0. The number of phenolic OH excluding ortho intramolecular Hbond substituents is 6. The molecule has 0 atom stereocenters. The highest BCUT2D eigenvalue weighted by Gasteiger charge is 2.23. The van der Waals surface area contributed by atoms with E-state index in [0.717, 1.165) is 21.5 Å². The molecule has 0 saturated carbocycles. The zero-order chi connectivity index (χ0) is 23.7. The summed E-state index contributed by atoms with van der Waals surface area (Å²) >= 11 is 0. The predicted molar refractivity (Wildman–Crippen MR) is 132 cm³/mol. The highest BCUT2D eigenvalue weighted by Crippen LogP contribution is 2.52. The molecule has 0 aromatic heterocycles. The molecular weight excluding hydrogens is 432 g/mol. The molecule has 0 bridgehead atoms. The SMILES string of the molecule is Oc1ccc2c(ccc3c(-c4c(O)c(O)cc5c4ccc4cc(O)ccc45)c(O)c(O)cc32)c1. The number of aromatic hydroxyl groups is 6. The Morgan fingerprint density at radius 2 is 0.735 bits per heavy atom. The van der Waals surface area contributed by atoms with Gasteiger partial charge < -0.3 is 30.6 Å². The zero-order valence-corrected chi connectivity index (χ0v) is 17.6. The Kier molecular flexibility index (Phi) is 3.98. The van der Waals surface area contributed by atoms with E-state index in [9.17, 15) is 30.6 Å². The van der Waals surface area contributed by atoms with E-state index in [4.69, 9.17) is 0 Å². The molecular formula is C28H18O6. The van der Waals surface area contributed by atoms with Crippen LogP contribution in [0.2, 0.25) is 0 Å². The molecule has 34 heavy (non-hydrogen) atoms. The topological polar surface area (TPSA) is 121 Å². The molecule has 0 radical (unpaired) electrons. The van der Waals surface area contributed by atoms with Gasteiger partial charge in [0.15, 0.2) is 23.0 Å². The molecule has 6 N–H and O–H groups in total. The monoisotopic (exact) mass is 450 g/mol. The standard InChI is InChI=1S/C28H18O6/c29-15-3-7-17-13(9-15)1-5-19-21(17)11-23(31)27(33)25(19)26-20-6-2-14-10-16(30)4-8-18(14)22(20)12-24(32)28(26)34/h1-12,29-34H. The first-order chi connectivity index (χ1) is 16.3. The van der Waals surface area contributed by atoms with E-state index < -0.39 is 11.5 Å². The number of benzene rings is 6. The molecule has 6 aromatic carbocycles. The Bertz CT molecular complexity index is 1690. The average Bonchev–Trinajstić information content (AvgIpc) is 2.81. The van der Waals surface area contributed by atoms with Crippen LogP contribution in [0.25, 0.3) is 54.2 Å².